The zero-order chi connectivity index (χ0) is 13.7. The van der Waals surface area contributed by atoms with Gasteiger partial charge >= 0.3 is 0 Å². The predicted octanol–water partition coefficient (Wildman–Crippen LogP) is -1.27. The number of hydrogen-bond donors (Lipinski definition) is 3. The molecule has 1 saturated heterocycles. The third-order valence-corrected chi connectivity index (χ3v) is 4.42. The Bertz CT molecular complexity index is 406. The standard InChI is InChI=1S/C14H21BrN2O2/c1-19-14-3-2-12(10-13(14)15)11-17-6-4-16(5-7-17)8-9-18/h2-3,10,18H,4-9,11H2,1H3/p+2. The van der Waals surface area contributed by atoms with Crippen molar-refractivity contribution < 1.29 is 19.6 Å². The first-order valence-electron chi connectivity index (χ1n) is 6.83. The zero-order valence-corrected chi connectivity index (χ0v) is 13.0. The second kappa shape index (κ2) is 7.24. The van der Waals surface area contributed by atoms with Crippen LogP contribution in [-0.2, 0) is 6.54 Å². The van der Waals surface area contributed by atoms with E-state index in [0.29, 0.717) is 6.61 Å². The Labute approximate surface area is 123 Å². The van der Waals surface area contributed by atoms with Gasteiger partial charge in [-0.3, -0.25) is 0 Å². The molecule has 1 fully saturated rings. The lowest BCUT2D eigenvalue weighted by molar-refractivity contribution is -1.02. The maximum Gasteiger partial charge on any atom is 0.133 e. The van der Waals surface area contributed by atoms with Gasteiger partial charge in [-0.05, 0) is 34.1 Å². The summed E-state index contributed by atoms with van der Waals surface area (Å²) in [6, 6.07) is 6.31. The minimum Gasteiger partial charge on any atom is -0.496 e. The molecular weight excluding hydrogens is 308 g/mol. The van der Waals surface area contributed by atoms with Gasteiger partial charge < -0.3 is 19.6 Å². The molecule has 106 valence electrons. The smallest absolute Gasteiger partial charge is 0.133 e. The number of aliphatic hydroxyl groups excluding tert-OH is 1. The van der Waals surface area contributed by atoms with Crippen LogP contribution in [0.25, 0.3) is 0 Å². The van der Waals surface area contributed by atoms with Gasteiger partial charge in [-0.2, -0.15) is 0 Å². The van der Waals surface area contributed by atoms with E-state index in [4.69, 9.17) is 9.84 Å². The summed E-state index contributed by atoms with van der Waals surface area (Å²) in [5.41, 5.74) is 1.34. The molecule has 0 saturated carbocycles. The molecule has 1 aromatic rings. The quantitative estimate of drug-likeness (QED) is 0.630. The molecule has 0 atom stereocenters. The van der Waals surface area contributed by atoms with E-state index in [0.717, 1.165) is 36.4 Å². The van der Waals surface area contributed by atoms with Gasteiger partial charge in [0.05, 0.1) is 18.2 Å². The molecule has 1 heterocycles. The van der Waals surface area contributed by atoms with Crippen LogP contribution in [0, 0.1) is 0 Å². The molecule has 2 rings (SSSR count). The lowest BCUT2D eigenvalue weighted by atomic mass is 10.2. The number of hydrogen-bond acceptors (Lipinski definition) is 2. The molecule has 1 aromatic carbocycles. The van der Waals surface area contributed by atoms with E-state index in [2.05, 4.69) is 28.1 Å². The third kappa shape index (κ3) is 4.18. The van der Waals surface area contributed by atoms with Crippen LogP contribution in [0.4, 0.5) is 0 Å². The van der Waals surface area contributed by atoms with E-state index in [-0.39, 0.29) is 0 Å². The molecule has 5 heteroatoms. The SMILES string of the molecule is COc1ccc(C[NH+]2CC[NH+](CCO)CC2)cc1Br. The monoisotopic (exact) mass is 330 g/mol. The molecule has 0 amide bonds. The normalized spacial score (nSPS) is 23.3. The number of benzene rings is 1. The van der Waals surface area contributed by atoms with E-state index in [1.807, 2.05) is 6.07 Å². The Balaban J connectivity index is 1.87. The molecule has 0 aliphatic carbocycles. The number of aliphatic hydroxyl groups is 1. The fourth-order valence-electron chi connectivity index (χ4n) is 2.65. The third-order valence-electron chi connectivity index (χ3n) is 3.80. The van der Waals surface area contributed by atoms with Crippen molar-refractivity contribution in [2.24, 2.45) is 0 Å². The van der Waals surface area contributed by atoms with Crippen molar-refractivity contribution in [3.8, 4) is 5.75 Å². The molecule has 1 aliphatic rings. The second-order valence-corrected chi connectivity index (χ2v) is 5.97. The average Bonchev–Trinajstić information content (AvgIpc) is 2.42. The number of methoxy groups -OCH3 is 1. The average molecular weight is 331 g/mol. The highest BCUT2D eigenvalue weighted by atomic mass is 79.9. The van der Waals surface area contributed by atoms with Gasteiger partial charge in [0, 0.05) is 5.56 Å². The van der Waals surface area contributed by atoms with Gasteiger partial charge in [0.25, 0.3) is 0 Å². The van der Waals surface area contributed by atoms with Gasteiger partial charge in [0.1, 0.15) is 45.0 Å². The van der Waals surface area contributed by atoms with Gasteiger partial charge in [-0.25, -0.2) is 0 Å². The molecule has 0 bridgehead atoms. The van der Waals surface area contributed by atoms with E-state index < -0.39 is 0 Å². The summed E-state index contributed by atoms with van der Waals surface area (Å²) in [6.07, 6.45) is 0. The Morgan fingerprint density at radius 1 is 1.21 bits per heavy atom. The Hall–Kier alpha value is -0.620. The molecule has 0 aromatic heterocycles. The minimum absolute atomic E-state index is 0.302. The number of rotatable bonds is 5. The Morgan fingerprint density at radius 3 is 2.47 bits per heavy atom. The number of ether oxygens (including phenoxy) is 1. The highest BCUT2D eigenvalue weighted by Crippen LogP contribution is 2.25. The lowest BCUT2D eigenvalue weighted by Gasteiger charge is -2.29. The number of halogens is 1. The largest absolute Gasteiger partial charge is 0.496 e. The zero-order valence-electron chi connectivity index (χ0n) is 11.4. The minimum atomic E-state index is 0.302. The summed E-state index contributed by atoms with van der Waals surface area (Å²) in [5.74, 6) is 0.885. The van der Waals surface area contributed by atoms with E-state index in [1.165, 1.54) is 23.6 Å². The highest BCUT2D eigenvalue weighted by molar-refractivity contribution is 9.10. The van der Waals surface area contributed by atoms with E-state index >= 15 is 0 Å². The molecule has 1 aliphatic heterocycles. The Kier molecular flexibility index (Phi) is 5.63. The molecule has 0 spiro atoms. The second-order valence-electron chi connectivity index (χ2n) is 5.12. The van der Waals surface area contributed by atoms with Gasteiger partial charge in [0.15, 0.2) is 0 Å². The van der Waals surface area contributed by atoms with Gasteiger partial charge in [-0.1, -0.05) is 0 Å². The molecule has 3 N–H and O–H groups in total. The first-order valence-corrected chi connectivity index (χ1v) is 7.62. The highest BCUT2D eigenvalue weighted by Gasteiger charge is 2.22. The van der Waals surface area contributed by atoms with Crippen LogP contribution < -0.4 is 14.5 Å². The van der Waals surface area contributed by atoms with Crippen LogP contribution in [-0.4, -0.2) is 51.5 Å². The summed E-state index contributed by atoms with van der Waals surface area (Å²) in [6.45, 7) is 6.94. The van der Waals surface area contributed by atoms with Crippen LogP contribution in [0.15, 0.2) is 22.7 Å². The van der Waals surface area contributed by atoms with Crippen molar-refractivity contribution in [2.45, 2.75) is 6.54 Å². The molecule has 4 nitrogen and oxygen atoms in total. The van der Waals surface area contributed by atoms with Crippen molar-refractivity contribution in [1.82, 2.24) is 0 Å². The van der Waals surface area contributed by atoms with Crippen LogP contribution in [0.2, 0.25) is 0 Å². The van der Waals surface area contributed by atoms with Crippen molar-refractivity contribution >= 4 is 15.9 Å². The first-order chi connectivity index (χ1) is 9.22. The van der Waals surface area contributed by atoms with Gasteiger partial charge in [-0.15, -0.1) is 0 Å². The number of piperazine rings is 1. The fourth-order valence-corrected chi connectivity index (χ4v) is 3.24. The van der Waals surface area contributed by atoms with E-state index in [1.54, 1.807) is 12.0 Å². The van der Waals surface area contributed by atoms with Crippen molar-refractivity contribution in [3.05, 3.63) is 28.2 Å². The Morgan fingerprint density at radius 2 is 1.89 bits per heavy atom. The summed E-state index contributed by atoms with van der Waals surface area (Å²) in [7, 11) is 1.69. The first kappa shape index (κ1) is 14.8. The maximum absolute atomic E-state index is 8.95. The van der Waals surface area contributed by atoms with Gasteiger partial charge in [0.2, 0.25) is 0 Å². The predicted molar refractivity (Wildman–Crippen MR) is 77.7 cm³/mol. The lowest BCUT2D eigenvalue weighted by Crippen LogP contribution is -3.27. The molecule has 19 heavy (non-hydrogen) atoms. The van der Waals surface area contributed by atoms with Crippen LogP contribution in [0.5, 0.6) is 5.75 Å². The summed E-state index contributed by atoms with van der Waals surface area (Å²) in [4.78, 5) is 3.15. The van der Waals surface area contributed by atoms with Crippen molar-refractivity contribution in [1.29, 1.82) is 0 Å². The van der Waals surface area contributed by atoms with Crippen LogP contribution in [0.3, 0.4) is 0 Å². The summed E-state index contributed by atoms with van der Waals surface area (Å²) < 4.78 is 6.27. The number of nitrogens with one attached hydrogen (secondary N) is 2. The summed E-state index contributed by atoms with van der Waals surface area (Å²) in [5, 5.41) is 8.95. The maximum atomic E-state index is 8.95. The fraction of sp³-hybridized carbons (Fsp3) is 0.571. The molecule has 0 radical (unpaired) electrons. The molecular formula is C14H23BrN2O2+2. The van der Waals surface area contributed by atoms with Crippen LogP contribution in [0.1, 0.15) is 5.56 Å². The van der Waals surface area contributed by atoms with Crippen molar-refractivity contribution in [3.63, 3.8) is 0 Å². The van der Waals surface area contributed by atoms with Crippen LogP contribution >= 0.6 is 15.9 Å². The molecule has 0 unspecified atom stereocenters. The topological polar surface area (TPSA) is 38.3 Å². The summed E-state index contributed by atoms with van der Waals surface area (Å²) >= 11 is 3.54. The van der Waals surface area contributed by atoms with Crippen molar-refractivity contribution in [2.75, 3.05) is 46.4 Å². The van der Waals surface area contributed by atoms with E-state index in [9.17, 15) is 0 Å². The number of quaternary nitrogens is 2.